The van der Waals surface area contributed by atoms with E-state index >= 15 is 0 Å². The smallest absolute Gasteiger partial charge is 0.251 e. The molecule has 1 aromatic rings. The van der Waals surface area contributed by atoms with Crippen LogP contribution in [0.25, 0.3) is 0 Å². The van der Waals surface area contributed by atoms with Crippen LogP contribution < -0.4 is 16.4 Å². The number of anilines is 1. The molecule has 0 saturated carbocycles. The van der Waals surface area contributed by atoms with Gasteiger partial charge < -0.3 is 21.1 Å². The molecule has 2 unspecified atom stereocenters. The van der Waals surface area contributed by atoms with Gasteiger partial charge in [-0.05, 0) is 31.2 Å². The van der Waals surface area contributed by atoms with Gasteiger partial charge in [0.25, 0.3) is 5.91 Å². The fourth-order valence-corrected chi connectivity index (χ4v) is 2.45. The number of ether oxygens (including phenoxy) is 1. The van der Waals surface area contributed by atoms with Crippen molar-refractivity contribution in [1.29, 1.82) is 0 Å². The number of hydrogen-bond acceptors (Lipinski definition) is 5. The predicted molar refractivity (Wildman–Crippen MR) is 97.5 cm³/mol. The predicted octanol–water partition coefficient (Wildman–Crippen LogP) is 0.670. The fraction of sp³-hybridized carbons (Fsp3) is 0.556. The van der Waals surface area contributed by atoms with Gasteiger partial charge in [0, 0.05) is 43.5 Å². The minimum atomic E-state index is -0.275. The molecular formula is C18H28N4O3. The van der Waals surface area contributed by atoms with Crippen molar-refractivity contribution >= 4 is 17.5 Å². The largest absolute Gasteiger partial charge is 0.379 e. The molecule has 7 nitrogen and oxygen atoms in total. The lowest BCUT2D eigenvalue weighted by Crippen LogP contribution is -2.41. The molecule has 0 aliphatic carbocycles. The Morgan fingerprint density at radius 2 is 1.84 bits per heavy atom. The molecule has 1 aliphatic rings. The van der Waals surface area contributed by atoms with Crippen molar-refractivity contribution in [3.8, 4) is 0 Å². The normalized spacial score (nSPS) is 17.6. The van der Waals surface area contributed by atoms with E-state index in [-0.39, 0.29) is 23.8 Å². The number of nitrogens with zero attached hydrogens (tertiary/aromatic N) is 1. The summed E-state index contributed by atoms with van der Waals surface area (Å²) in [5.74, 6) is -0.518. The van der Waals surface area contributed by atoms with Gasteiger partial charge in [-0.3, -0.25) is 14.5 Å². The highest BCUT2D eigenvalue weighted by molar-refractivity contribution is 5.96. The maximum Gasteiger partial charge on any atom is 0.251 e. The van der Waals surface area contributed by atoms with E-state index in [9.17, 15) is 9.59 Å². The highest BCUT2D eigenvalue weighted by Gasteiger charge is 2.17. The number of nitrogens with two attached hydrogens (primary N) is 1. The van der Waals surface area contributed by atoms with Gasteiger partial charge in [-0.1, -0.05) is 6.92 Å². The standard InChI is InChI=1S/C18H28N4O3/c1-13(14(2)19)17(23)21-16-5-3-15(4-6-16)18(24)20-7-8-22-9-11-25-12-10-22/h3-6,13-14H,7-12,19H2,1-2H3,(H,20,24)(H,21,23). The average Bonchev–Trinajstić information content (AvgIpc) is 2.62. The Labute approximate surface area is 148 Å². The molecule has 4 N–H and O–H groups in total. The van der Waals surface area contributed by atoms with Crippen LogP contribution in [0.3, 0.4) is 0 Å². The second-order valence-corrected chi connectivity index (χ2v) is 6.42. The number of nitrogens with one attached hydrogen (secondary N) is 2. The Morgan fingerprint density at radius 3 is 2.44 bits per heavy atom. The van der Waals surface area contributed by atoms with Crippen LogP contribution in [-0.2, 0) is 9.53 Å². The Hall–Kier alpha value is -1.96. The third-order valence-corrected chi connectivity index (χ3v) is 4.43. The van der Waals surface area contributed by atoms with Gasteiger partial charge >= 0.3 is 0 Å². The van der Waals surface area contributed by atoms with Crippen molar-refractivity contribution in [2.45, 2.75) is 19.9 Å². The molecular weight excluding hydrogens is 320 g/mol. The van der Waals surface area contributed by atoms with Crippen LogP contribution in [0.5, 0.6) is 0 Å². The van der Waals surface area contributed by atoms with E-state index in [4.69, 9.17) is 10.5 Å². The molecule has 1 aromatic carbocycles. The minimum Gasteiger partial charge on any atom is -0.379 e. The summed E-state index contributed by atoms with van der Waals surface area (Å²) in [6.07, 6.45) is 0. The zero-order valence-electron chi connectivity index (χ0n) is 15.0. The first-order valence-corrected chi connectivity index (χ1v) is 8.72. The summed E-state index contributed by atoms with van der Waals surface area (Å²) in [4.78, 5) is 26.4. The first-order valence-electron chi connectivity index (χ1n) is 8.72. The van der Waals surface area contributed by atoms with E-state index in [0.29, 0.717) is 17.8 Å². The molecule has 0 radical (unpaired) electrons. The van der Waals surface area contributed by atoms with Gasteiger partial charge in [0.2, 0.25) is 5.91 Å². The SMILES string of the molecule is CC(N)C(C)C(=O)Nc1ccc(C(=O)NCCN2CCOCC2)cc1. The number of carbonyl (C=O) groups is 2. The summed E-state index contributed by atoms with van der Waals surface area (Å²) in [7, 11) is 0. The van der Waals surface area contributed by atoms with Gasteiger partial charge in [-0.25, -0.2) is 0 Å². The molecule has 1 heterocycles. The van der Waals surface area contributed by atoms with Crippen molar-refractivity contribution in [3.63, 3.8) is 0 Å². The van der Waals surface area contributed by atoms with Crippen molar-refractivity contribution in [2.24, 2.45) is 11.7 Å². The second-order valence-electron chi connectivity index (χ2n) is 6.42. The van der Waals surface area contributed by atoms with E-state index in [0.717, 1.165) is 32.8 Å². The monoisotopic (exact) mass is 348 g/mol. The summed E-state index contributed by atoms with van der Waals surface area (Å²) in [6, 6.07) is 6.65. The first-order chi connectivity index (χ1) is 12.0. The van der Waals surface area contributed by atoms with Gasteiger partial charge in [0.15, 0.2) is 0 Å². The van der Waals surface area contributed by atoms with Gasteiger partial charge in [-0.2, -0.15) is 0 Å². The van der Waals surface area contributed by atoms with Crippen LogP contribution in [0.15, 0.2) is 24.3 Å². The van der Waals surface area contributed by atoms with E-state index in [1.54, 1.807) is 38.1 Å². The summed E-state index contributed by atoms with van der Waals surface area (Å²) >= 11 is 0. The second kappa shape index (κ2) is 9.50. The quantitative estimate of drug-likeness (QED) is 0.673. The highest BCUT2D eigenvalue weighted by Crippen LogP contribution is 2.12. The lowest BCUT2D eigenvalue weighted by atomic mass is 10.0. The molecule has 2 atom stereocenters. The lowest BCUT2D eigenvalue weighted by Gasteiger charge is -2.26. The first kappa shape index (κ1) is 19.4. The molecule has 1 aliphatic heterocycles. The zero-order valence-corrected chi connectivity index (χ0v) is 15.0. The average molecular weight is 348 g/mol. The van der Waals surface area contributed by atoms with Crippen molar-refractivity contribution in [1.82, 2.24) is 10.2 Å². The molecule has 0 aromatic heterocycles. The maximum atomic E-state index is 12.2. The van der Waals surface area contributed by atoms with E-state index < -0.39 is 0 Å². The Morgan fingerprint density at radius 1 is 1.20 bits per heavy atom. The molecule has 1 saturated heterocycles. The molecule has 2 rings (SSSR count). The molecule has 7 heteroatoms. The summed E-state index contributed by atoms with van der Waals surface area (Å²) < 4.78 is 5.30. The Balaban J connectivity index is 1.78. The van der Waals surface area contributed by atoms with Crippen LogP contribution in [0.1, 0.15) is 24.2 Å². The van der Waals surface area contributed by atoms with E-state index in [1.807, 2.05) is 0 Å². The maximum absolute atomic E-state index is 12.2. The number of carbonyl (C=O) groups excluding carboxylic acids is 2. The number of rotatable bonds is 7. The molecule has 25 heavy (non-hydrogen) atoms. The molecule has 2 amide bonds. The number of hydrogen-bond donors (Lipinski definition) is 3. The minimum absolute atomic E-state index is 0.116. The van der Waals surface area contributed by atoms with Crippen LogP contribution in [0.2, 0.25) is 0 Å². The van der Waals surface area contributed by atoms with Gasteiger partial charge in [0.1, 0.15) is 0 Å². The van der Waals surface area contributed by atoms with Gasteiger partial charge in [0.05, 0.1) is 19.1 Å². The fourth-order valence-electron chi connectivity index (χ4n) is 2.45. The third-order valence-electron chi connectivity index (χ3n) is 4.43. The zero-order chi connectivity index (χ0) is 18.2. The summed E-state index contributed by atoms with van der Waals surface area (Å²) in [5.41, 5.74) is 6.96. The van der Waals surface area contributed by atoms with Crippen LogP contribution >= 0.6 is 0 Å². The Kier molecular flexibility index (Phi) is 7.36. The lowest BCUT2D eigenvalue weighted by molar-refractivity contribution is -0.119. The highest BCUT2D eigenvalue weighted by atomic mass is 16.5. The van der Waals surface area contributed by atoms with Gasteiger partial charge in [-0.15, -0.1) is 0 Å². The molecule has 1 fully saturated rings. The number of amides is 2. The van der Waals surface area contributed by atoms with Crippen LogP contribution in [0, 0.1) is 5.92 Å². The molecule has 0 spiro atoms. The molecule has 138 valence electrons. The van der Waals surface area contributed by atoms with Crippen molar-refractivity contribution < 1.29 is 14.3 Å². The van der Waals surface area contributed by atoms with E-state index in [1.165, 1.54) is 0 Å². The summed E-state index contributed by atoms with van der Waals surface area (Å²) in [6.45, 7) is 8.33. The van der Waals surface area contributed by atoms with Crippen molar-refractivity contribution in [3.05, 3.63) is 29.8 Å². The van der Waals surface area contributed by atoms with E-state index in [2.05, 4.69) is 15.5 Å². The molecule has 0 bridgehead atoms. The third kappa shape index (κ3) is 6.12. The number of morpholine rings is 1. The summed E-state index contributed by atoms with van der Waals surface area (Å²) in [5, 5.41) is 5.72. The number of benzene rings is 1. The van der Waals surface area contributed by atoms with Crippen LogP contribution in [-0.4, -0.2) is 62.1 Å². The Bertz CT molecular complexity index is 568. The van der Waals surface area contributed by atoms with Crippen molar-refractivity contribution in [2.75, 3.05) is 44.7 Å². The van der Waals surface area contributed by atoms with Crippen LogP contribution in [0.4, 0.5) is 5.69 Å². The topological polar surface area (TPSA) is 96.7 Å².